The van der Waals surface area contributed by atoms with Crippen molar-refractivity contribution in [1.82, 2.24) is 5.32 Å². The molecule has 0 spiro atoms. The molecule has 1 atom stereocenters. The van der Waals surface area contributed by atoms with Crippen molar-refractivity contribution >= 4 is 35.0 Å². The number of primary amides is 1. The van der Waals surface area contributed by atoms with Crippen molar-refractivity contribution in [2.75, 3.05) is 12.4 Å². The Balaban J connectivity index is 2.53. The molecule has 0 aliphatic rings. The Morgan fingerprint density at radius 1 is 1.15 bits per heavy atom. The van der Waals surface area contributed by atoms with Gasteiger partial charge in [-0.1, -0.05) is 30.2 Å². The van der Waals surface area contributed by atoms with Crippen LogP contribution in [0.15, 0.2) is 18.2 Å². The summed E-state index contributed by atoms with van der Waals surface area (Å²) in [5, 5.41) is 5.77. The molecule has 1 unspecified atom stereocenters. The van der Waals surface area contributed by atoms with E-state index in [1.54, 1.807) is 13.1 Å². The quantitative estimate of drug-likeness (QED) is 0.434. The molecule has 0 radical (unpaired) electrons. The van der Waals surface area contributed by atoms with Gasteiger partial charge in [0.15, 0.2) is 0 Å². The molecule has 6 N–H and O–H groups in total. The zero-order chi connectivity index (χ0) is 19.5. The second kappa shape index (κ2) is 11.5. The lowest BCUT2D eigenvalue weighted by molar-refractivity contribution is -0.121. The maximum absolute atomic E-state index is 12.1. The fourth-order valence-electron chi connectivity index (χ4n) is 2.43. The SMILES string of the molecule is CNC(=O)CCCCCc1cccc(NC(=O)C(N)CCC(N)=O)c1Cl. The van der Waals surface area contributed by atoms with Gasteiger partial charge >= 0.3 is 0 Å². The number of carbonyl (C=O) groups excluding carboxylic acids is 3. The molecule has 0 aliphatic carbocycles. The second-order valence-electron chi connectivity index (χ2n) is 6.11. The van der Waals surface area contributed by atoms with Crippen LogP contribution in [0.1, 0.15) is 44.1 Å². The fraction of sp³-hybridized carbons (Fsp3) is 0.500. The average molecular weight is 383 g/mol. The first-order valence-electron chi connectivity index (χ1n) is 8.67. The van der Waals surface area contributed by atoms with Gasteiger partial charge in [-0.05, 0) is 37.3 Å². The van der Waals surface area contributed by atoms with Gasteiger partial charge in [-0.15, -0.1) is 0 Å². The molecule has 1 aromatic carbocycles. The molecular formula is C18H27ClN4O3. The minimum Gasteiger partial charge on any atom is -0.370 e. The molecule has 1 rings (SSSR count). The number of amides is 3. The molecule has 1 aromatic rings. The molecule has 0 aliphatic heterocycles. The van der Waals surface area contributed by atoms with E-state index in [-0.39, 0.29) is 18.7 Å². The summed E-state index contributed by atoms with van der Waals surface area (Å²) in [6, 6.07) is 4.60. The zero-order valence-electron chi connectivity index (χ0n) is 15.0. The molecule has 7 nitrogen and oxygen atoms in total. The van der Waals surface area contributed by atoms with E-state index in [0.29, 0.717) is 17.1 Å². The van der Waals surface area contributed by atoms with E-state index in [2.05, 4.69) is 10.6 Å². The van der Waals surface area contributed by atoms with Crippen molar-refractivity contribution in [2.24, 2.45) is 11.5 Å². The minimum atomic E-state index is -0.827. The lowest BCUT2D eigenvalue weighted by Gasteiger charge is -2.14. The van der Waals surface area contributed by atoms with Crippen LogP contribution in [0.5, 0.6) is 0 Å². The van der Waals surface area contributed by atoms with Crippen LogP contribution in [0.25, 0.3) is 0 Å². The third-order valence-corrected chi connectivity index (χ3v) is 4.45. The number of halogens is 1. The van der Waals surface area contributed by atoms with Gasteiger partial charge in [0.05, 0.1) is 16.8 Å². The summed E-state index contributed by atoms with van der Waals surface area (Å²) in [6.45, 7) is 0. The van der Waals surface area contributed by atoms with Gasteiger partial charge in [-0.25, -0.2) is 0 Å². The lowest BCUT2D eigenvalue weighted by atomic mass is 10.0. The van der Waals surface area contributed by atoms with Crippen molar-refractivity contribution < 1.29 is 14.4 Å². The number of nitrogens with one attached hydrogen (secondary N) is 2. The number of unbranched alkanes of at least 4 members (excludes halogenated alkanes) is 2. The molecule has 0 bridgehead atoms. The van der Waals surface area contributed by atoms with Crippen LogP contribution in [0.4, 0.5) is 5.69 Å². The summed E-state index contributed by atoms with van der Waals surface area (Å²) >= 11 is 6.38. The van der Waals surface area contributed by atoms with Crippen molar-refractivity contribution in [3.05, 3.63) is 28.8 Å². The normalized spacial score (nSPS) is 11.7. The maximum Gasteiger partial charge on any atom is 0.241 e. The number of hydrogen-bond donors (Lipinski definition) is 4. The van der Waals surface area contributed by atoms with Crippen molar-refractivity contribution in [3.8, 4) is 0 Å². The number of anilines is 1. The van der Waals surface area contributed by atoms with E-state index in [1.165, 1.54) is 0 Å². The standard InChI is InChI=1S/C18H27ClN4O3/c1-22-16(25)9-4-2-3-6-12-7-5-8-14(17(12)19)23-18(26)13(20)10-11-15(21)24/h5,7-8,13H,2-4,6,9-11,20H2,1H3,(H2,21,24)(H,22,25)(H,23,26). The maximum atomic E-state index is 12.1. The average Bonchev–Trinajstić information content (AvgIpc) is 2.61. The van der Waals surface area contributed by atoms with Gasteiger partial charge in [-0.3, -0.25) is 14.4 Å². The molecule has 3 amide bonds. The zero-order valence-corrected chi connectivity index (χ0v) is 15.8. The van der Waals surface area contributed by atoms with E-state index in [0.717, 1.165) is 31.2 Å². The summed E-state index contributed by atoms with van der Waals surface area (Å²) in [5.74, 6) is -0.860. The van der Waals surface area contributed by atoms with Crippen LogP contribution in [0.3, 0.4) is 0 Å². The topological polar surface area (TPSA) is 127 Å². The molecule has 144 valence electrons. The first-order chi connectivity index (χ1) is 12.3. The third-order valence-electron chi connectivity index (χ3n) is 4.00. The van der Waals surface area contributed by atoms with E-state index in [1.807, 2.05) is 12.1 Å². The number of carbonyl (C=O) groups is 3. The highest BCUT2D eigenvalue weighted by molar-refractivity contribution is 6.34. The number of hydrogen-bond acceptors (Lipinski definition) is 4. The number of aryl methyl sites for hydroxylation is 1. The Hall–Kier alpha value is -2.12. The summed E-state index contributed by atoms with van der Waals surface area (Å²) < 4.78 is 0. The predicted molar refractivity (Wildman–Crippen MR) is 103 cm³/mol. The minimum absolute atomic E-state index is 0.0421. The second-order valence-corrected chi connectivity index (χ2v) is 6.49. The Morgan fingerprint density at radius 2 is 1.88 bits per heavy atom. The van der Waals surface area contributed by atoms with E-state index < -0.39 is 17.9 Å². The van der Waals surface area contributed by atoms with Crippen LogP contribution in [-0.4, -0.2) is 30.8 Å². The lowest BCUT2D eigenvalue weighted by Crippen LogP contribution is -2.36. The van der Waals surface area contributed by atoms with Crippen LogP contribution in [-0.2, 0) is 20.8 Å². The molecular weight excluding hydrogens is 356 g/mol. The Morgan fingerprint density at radius 3 is 2.54 bits per heavy atom. The molecule has 0 fully saturated rings. The first-order valence-corrected chi connectivity index (χ1v) is 9.05. The Kier molecular flexibility index (Phi) is 9.69. The highest BCUT2D eigenvalue weighted by Crippen LogP contribution is 2.27. The molecule has 0 heterocycles. The van der Waals surface area contributed by atoms with Crippen LogP contribution >= 0.6 is 11.6 Å². The predicted octanol–water partition coefficient (Wildman–Crippen LogP) is 1.72. The van der Waals surface area contributed by atoms with Gasteiger partial charge in [0.1, 0.15) is 0 Å². The fourth-order valence-corrected chi connectivity index (χ4v) is 2.69. The number of nitrogens with two attached hydrogens (primary N) is 2. The van der Waals surface area contributed by atoms with E-state index in [9.17, 15) is 14.4 Å². The highest BCUT2D eigenvalue weighted by atomic mass is 35.5. The van der Waals surface area contributed by atoms with Crippen LogP contribution < -0.4 is 22.1 Å². The van der Waals surface area contributed by atoms with Crippen molar-refractivity contribution in [3.63, 3.8) is 0 Å². The molecule has 8 heteroatoms. The van der Waals surface area contributed by atoms with Gasteiger partial charge < -0.3 is 22.1 Å². The van der Waals surface area contributed by atoms with Crippen LogP contribution in [0.2, 0.25) is 5.02 Å². The Bertz CT molecular complexity index is 637. The van der Waals surface area contributed by atoms with Gasteiger partial charge in [0, 0.05) is 19.9 Å². The smallest absolute Gasteiger partial charge is 0.241 e. The van der Waals surface area contributed by atoms with Gasteiger partial charge in [0.25, 0.3) is 0 Å². The van der Waals surface area contributed by atoms with E-state index in [4.69, 9.17) is 23.1 Å². The molecule has 0 aromatic heterocycles. The Labute approximate surface area is 158 Å². The third kappa shape index (κ3) is 7.84. The molecule has 0 saturated heterocycles. The summed E-state index contributed by atoms with van der Waals surface area (Å²) in [6.07, 6.45) is 4.14. The summed E-state index contributed by atoms with van der Waals surface area (Å²) in [4.78, 5) is 34.0. The van der Waals surface area contributed by atoms with Crippen molar-refractivity contribution in [2.45, 2.75) is 51.0 Å². The highest BCUT2D eigenvalue weighted by Gasteiger charge is 2.16. The number of rotatable bonds is 11. The molecule has 0 saturated carbocycles. The first kappa shape index (κ1) is 21.9. The molecule has 26 heavy (non-hydrogen) atoms. The number of benzene rings is 1. The van der Waals surface area contributed by atoms with Crippen LogP contribution in [0, 0.1) is 0 Å². The van der Waals surface area contributed by atoms with E-state index >= 15 is 0 Å². The monoisotopic (exact) mass is 382 g/mol. The summed E-state index contributed by atoms with van der Waals surface area (Å²) in [5.41, 5.74) is 12.2. The largest absolute Gasteiger partial charge is 0.370 e. The van der Waals surface area contributed by atoms with Gasteiger partial charge in [0.2, 0.25) is 17.7 Å². The van der Waals surface area contributed by atoms with Gasteiger partial charge in [-0.2, -0.15) is 0 Å². The summed E-state index contributed by atoms with van der Waals surface area (Å²) in [7, 11) is 1.63. The van der Waals surface area contributed by atoms with Crippen molar-refractivity contribution in [1.29, 1.82) is 0 Å².